The minimum absolute atomic E-state index is 0.0712. The molecule has 0 bridgehead atoms. The highest BCUT2D eigenvalue weighted by molar-refractivity contribution is 5.93. The van der Waals surface area contributed by atoms with E-state index >= 15 is 0 Å². The van der Waals surface area contributed by atoms with Gasteiger partial charge in [0.1, 0.15) is 0 Å². The Balaban J connectivity index is 1.58. The summed E-state index contributed by atoms with van der Waals surface area (Å²) in [5.41, 5.74) is 1.90. The van der Waals surface area contributed by atoms with E-state index in [-0.39, 0.29) is 23.2 Å². The van der Waals surface area contributed by atoms with Crippen molar-refractivity contribution in [2.45, 2.75) is 18.9 Å². The second kappa shape index (κ2) is 6.39. The molecular weight excluding hydrogens is 318 g/mol. The van der Waals surface area contributed by atoms with Gasteiger partial charge < -0.3 is 14.4 Å². The Morgan fingerprint density at radius 1 is 1.20 bits per heavy atom. The molecule has 1 atom stereocenters. The molecule has 25 heavy (non-hydrogen) atoms. The van der Waals surface area contributed by atoms with Crippen LogP contribution in [0.2, 0.25) is 0 Å². The molecule has 1 aromatic carbocycles. The normalized spacial score (nSPS) is 17.0. The second-order valence-corrected chi connectivity index (χ2v) is 6.09. The molecule has 3 heterocycles. The van der Waals surface area contributed by atoms with E-state index in [0.29, 0.717) is 17.9 Å². The number of nitrogens with one attached hydrogen (secondary N) is 1. The molecule has 4 rings (SSSR count). The Labute approximate surface area is 144 Å². The third-order valence-corrected chi connectivity index (χ3v) is 4.50. The summed E-state index contributed by atoms with van der Waals surface area (Å²) in [5, 5.41) is 3.93. The Morgan fingerprint density at radius 3 is 2.80 bits per heavy atom. The molecule has 6 nitrogen and oxygen atoms in total. The molecule has 1 saturated heterocycles. The van der Waals surface area contributed by atoms with Crippen molar-refractivity contribution in [2.24, 2.45) is 0 Å². The van der Waals surface area contributed by atoms with Crippen LogP contribution in [0.25, 0.3) is 11.3 Å². The van der Waals surface area contributed by atoms with Gasteiger partial charge in [-0.15, -0.1) is 0 Å². The van der Waals surface area contributed by atoms with Gasteiger partial charge >= 0.3 is 0 Å². The Hall–Kier alpha value is -3.15. The van der Waals surface area contributed by atoms with Crippen LogP contribution in [-0.4, -0.2) is 27.5 Å². The lowest BCUT2D eigenvalue weighted by Gasteiger charge is -2.24. The van der Waals surface area contributed by atoms with Crippen molar-refractivity contribution in [2.75, 3.05) is 6.54 Å². The molecule has 0 spiro atoms. The van der Waals surface area contributed by atoms with Crippen molar-refractivity contribution in [3.8, 4) is 11.3 Å². The van der Waals surface area contributed by atoms with E-state index < -0.39 is 0 Å². The highest BCUT2D eigenvalue weighted by Crippen LogP contribution is 2.33. The first kappa shape index (κ1) is 15.4. The lowest BCUT2D eigenvalue weighted by Crippen LogP contribution is -2.30. The fraction of sp³-hybridized carbons (Fsp3) is 0.211. The standard InChI is InChI=1S/C19H17N3O3/c23-18-9-8-14(12-20-18)17-11-15(21-25-17)19(24)22-10-4-7-16(22)13-5-2-1-3-6-13/h1-3,5-6,8-9,11-12,16H,4,7,10H2,(H,20,23)/t16-/m0/s1. The highest BCUT2D eigenvalue weighted by atomic mass is 16.5. The van der Waals surface area contributed by atoms with E-state index in [4.69, 9.17) is 4.52 Å². The van der Waals surface area contributed by atoms with Crippen LogP contribution in [0.15, 0.2) is 64.0 Å². The first-order chi connectivity index (χ1) is 12.2. The molecular formula is C19H17N3O3. The number of benzene rings is 1. The van der Waals surface area contributed by atoms with Crippen LogP contribution in [0.3, 0.4) is 0 Å². The molecule has 0 aliphatic carbocycles. The predicted molar refractivity (Wildman–Crippen MR) is 92.0 cm³/mol. The van der Waals surface area contributed by atoms with Gasteiger partial charge in [0, 0.05) is 30.4 Å². The smallest absolute Gasteiger partial charge is 0.276 e. The summed E-state index contributed by atoms with van der Waals surface area (Å²) < 4.78 is 5.29. The number of hydrogen-bond acceptors (Lipinski definition) is 4. The topological polar surface area (TPSA) is 79.2 Å². The van der Waals surface area contributed by atoms with E-state index in [2.05, 4.69) is 10.1 Å². The van der Waals surface area contributed by atoms with Crippen molar-refractivity contribution in [1.82, 2.24) is 15.0 Å². The lowest BCUT2D eigenvalue weighted by atomic mass is 10.0. The third-order valence-electron chi connectivity index (χ3n) is 4.50. The van der Waals surface area contributed by atoms with Gasteiger partial charge in [0.15, 0.2) is 11.5 Å². The van der Waals surface area contributed by atoms with Crippen molar-refractivity contribution in [1.29, 1.82) is 0 Å². The number of likely N-dealkylation sites (tertiary alicyclic amines) is 1. The fourth-order valence-corrected chi connectivity index (χ4v) is 3.25. The molecule has 2 aromatic heterocycles. The molecule has 0 unspecified atom stereocenters. The maximum Gasteiger partial charge on any atom is 0.276 e. The van der Waals surface area contributed by atoms with E-state index in [1.807, 2.05) is 35.2 Å². The molecule has 1 aliphatic rings. The number of hydrogen-bond donors (Lipinski definition) is 1. The van der Waals surface area contributed by atoms with Gasteiger partial charge in [0.2, 0.25) is 5.56 Å². The molecule has 1 aliphatic heterocycles. The minimum atomic E-state index is -0.192. The Kier molecular flexibility index (Phi) is 3.93. The quantitative estimate of drug-likeness (QED) is 0.798. The first-order valence-corrected chi connectivity index (χ1v) is 8.24. The molecule has 1 N–H and O–H groups in total. The molecule has 1 fully saturated rings. The van der Waals surface area contributed by atoms with Gasteiger partial charge in [0.05, 0.1) is 6.04 Å². The van der Waals surface area contributed by atoms with E-state index in [1.54, 1.807) is 18.3 Å². The molecule has 0 saturated carbocycles. The average molecular weight is 335 g/mol. The number of H-pyrrole nitrogens is 1. The summed E-state index contributed by atoms with van der Waals surface area (Å²) in [6.07, 6.45) is 3.45. The average Bonchev–Trinajstić information content (AvgIpc) is 3.32. The molecule has 3 aromatic rings. The number of aromatic nitrogens is 2. The molecule has 6 heteroatoms. The SMILES string of the molecule is O=C(c1cc(-c2ccc(=O)[nH]c2)on1)N1CCC[C@H]1c1ccccc1. The largest absolute Gasteiger partial charge is 0.355 e. The molecule has 0 radical (unpaired) electrons. The van der Waals surface area contributed by atoms with Crippen molar-refractivity contribution >= 4 is 5.91 Å². The van der Waals surface area contributed by atoms with Crippen LogP contribution in [0.5, 0.6) is 0 Å². The van der Waals surface area contributed by atoms with Gasteiger partial charge in [-0.3, -0.25) is 9.59 Å². The lowest BCUT2D eigenvalue weighted by molar-refractivity contribution is 0.0725. The summed E-state index contributed by atoms with van der Waals surface area (Å²) >= 11 is 0. The van der Waals surface area contributed by atoms with Crippen molar-refractivity contribution < 1.29 is 9.32 Å². The van der Waals surface area contributed by atoms with Crippen LogP contribution in [0.1, 0.15) is 34.9 Å². The van der Waals surface area contributed by atoms with Crippen LogP contribution in [-0.2, 0) is 0 Å². The predicted octanol–water partition coefficient (Wildman–Crippen LogP) is 3.01. The monoisotopic (exact) mass is 335 g/mol. The number of amides is 1. The summed E-state index contributed by atoms with van der Waals surface area (Å²) in [7, 11) is 0. The summed E-state index contributed by atoms with van der Waals surface area (Å²) in [4.78, 5) is 28.5. The number of aromatic amines is 1. The Bertz CT molecular complexity index is 925. The Morgan fingerprint density at radius 2 is 2.04 bits per heavy atom. The number of nitrogens with zero attached hydrogens (tertiary/aromatic N) is 2. The van der Waals surface area contributed by atoms with Crippen LogP contribution in [0.4, 0.5) is 0 Å². The second-order valence-electron chi connectivity index (χ2n) is 6.09. The summed E-state index contributed by atoms with van der Waals surface area (Å²) in [6, 6.07) is 14.8. The van der Waals surface area contributed by atoms with Gasteiger partial charge in [-0.2, -0.15) is 0 Å². The van der Waals surface area contributed by atoms with E-state index in [1.165, 1.54) is 6.07 Å². The maximum atomic E-state index is 12.9. The summed E-state index contributed by atoms with van der Waals surface area (Å²) in [5.74, 6) is 0.320. The van der Waals surface area contributed by atoms with Crippen molar-refractivity contribution in [3.05, 3.63) is 76.3 Å². The highest BCUT2D eigenvalue weighted by Gasteiger charge is 2.32. The fourth-order valence-electron chi connectivity index (χ4n) is 3.25. The van der Waals surface area contributed by atoms with Gasteiger partial charge in [-0.25, -0.2) is 0 Å². The van der Waals surface area contributed by atoms with E-state index in [0.717, 1.165) is 18.4 Å². The van der Waals surface area contributed by atoms with Crippen LogP contribution < -0.4 is 5.56 Å². The van der Waals surface area contributed by atoms with Gasteiger partial charge in [-0.1, -0.05) is 35.5 Å². The maximum absolute atomic E-state index is 12.9. The zero-order chi connectivity index (χ0) is 17.2. The van der Waals surface area contributed by atoms with E-state index in [9.17, 15) is 9.59 Å². The number of carbonyl (C=O) groups excluding carboxylic acids is 1. The number of rotatable bonds is 3. The van der Waals surface area contributed by atoms with Crippen LogP contribution in [0, 0.1) is 0 Å². The number of pyridine rings is 1. The summed E-state index contributed by atoms with van der Waals surface area (Å²) in [6.45, 7) is 0.708. The van der Waals surface area contributed by atoms with Gasteiger partial charge in [-0.05, 0) is 24.5 Å². The number of carbonyl (C=O) groups is 1. The molecule has 1 amide bonds. The molecule has 126 valence electrons. The zero-order valence-electron chi connectivity index (χ0n) is 13.5. The minimum Gasteiger partial charge on any atom is -0.355 e. The van der Waals surface area contributed by atoms with Crippen molar-refractivity contribution in [3.63, 3.8) is 0 Å². The van der Waals surface area contributed by atoms with Crippen LogP contribution >= 0.6 is 0 Å². The van der Waals surface area contributed by atoms with Gasteiger partial charge in [0.25, 0.3) is 5.91 Å². The zero-order valence-corrected chi connectivity index (χ0v) is 13.5. The first-order valence-electron chi connectivity index (χ1n) is 8.24. The third kappa shape index (κ3) is 2.98.